The van der Waals surface area contributed by atoms with Gasteiger partial charge < -0.3 is 20.0 Å². The number of benzene rings is 1. The molecule has 0 aliphatic heterocycles. The van der Waals surface area contributed by atoms with Crippen LogP contribution in [0.25, 0.3) is 22.0 Å². The van der Waals surface area contributed by atoms with Crippen LogP contribution >= 0.6 is 19.2 Å². The summed E-state index contributed by atoms with van der Waals surface area (Å²) in [6.07, 6.45) is 7.20. The Morgan fingerprint density at radius 1 is 1.18 bits per heavy atom. The maximum Gasteiger partial charge on any atom is 0.469 e. The van der Waals surface area contributed by atoms with Crippen molar-refractivity contribution < 1.29 is 23.4 Å². The van der Waals surface area contributed by atoms with Crippen LogP contribution in [0.15, 0.2) is 28.8 Å². The third-order valence-corrected chi connectivity index (χ3v) is 7.49. The Morgan fingerprint density at radius 3 is 2.55 bits per heavy atom. The SMILES string of the molecule is CCCC1CCC(c2nc(-c3ccc(-c4nnc(C(N)COP(=O)(O)O)s4)cc3)no2)CC1. The van der Waals surface area contributed by atoms with Gasteiger partial charge in [0.05, 0.1) is 12.6 Å². The molecule has 4 N–H and O–H groups in total. The molecule has 10 nitrogen and oxygen atoms in total. The van der Waals surface area contributed by atoms with Crippen LogP contribution in [0.1, 0.15) is 68.3 Å². The van der Waals surface area contributed by atoms with Crippen LogP contribution in [0.4, 0.5) is 0 Å². The lowest BCUT2D eigenvalue weighted by molar-refractivity contribution is 0.186. The van der Waals surface area contributed by atoms with Gasteiger partial charge in [-0.25, -0.2) is 4.57 Å². The zero-order chi connectivity index (χ0) is 23.4. The number of nitrogens with zero attached hydrogens (tertiary/aromatic N) is 4. The number of phosphoric ester groups is 1. The molecule has 1 atom stereocenters. The standard InChI is InChI=1S/C21H28N5O5PS/c1-2-3-13-4-6-15(7-5-13)19-23-18(26-31-19)14-8-10-16(11-9-14)20-24-25-21(33-20)17(22)12-30-32(27,28)29/h8-11,13,15,17H,2-7,12,22H2,1H3,(H2,27,28,29). The fourth-order valence-corrected chi connectivity index (χ4v) is 5.33. The lowest BCUT2D eigenvalue weighted by atomic mass is 9.80. The molecule has 4 rings (SSSR count). The molecule has 2 aromatic heterocycles. The zero-order valence-electron chi connectivity index (χ0n) is 18.3. The van der Waals surface area contributed by atoms with E-state index in [2.05, 4.69) is 31.8 Å². The van der Waals surface area contributed by atoms with Crippen molar-refractivity contribution in [3.05, 3.63) is 35.2 Å². The van der Waals surface area contributed by atoms with Crippen LogP contribution in [-0.2, 0) is 9.09 Å². The van der Waals surface area contributed by atoms with Gasteiger partial charge in [-0.3, -0.25) is 4.52 Å². The first-order chi connectivity index (χ1) is 15.8. The van der Waals surface area contributed by atoms with Crippen LogP contribution in [0.5, 0.6) is 0 Å². The van der Waals surface area contributed by atoms with E-state index >= 15 is 0 Å². The first-order valence-electron chi connectivity index (χ1n) is 11.1. The van der Waals surface area contributed by atoms with Crippen molar-refractivity contribution in [3.63, 3.8) is 0 Å². The van der Waals surface area contributed by atoms with Gasteiger partial charge in [0.15, 0.2) is 0 Å². The maximum absolute atomic E-state index is 10.8. The highest BCUT2D eigenvalue weighted by atomic mass is 32.1. The number of rotatable bonds is 9. The van der Waals surface area contributed by atoms with Gasteiger partial charge in [0.25, 0.3) is 0 Å². The number of nitrogens with two attached hydrogens (primary N) is 1. The summed E-state index contributed by atoms with van der Waals surface area (Å²) in [5.41, 5.74) is 7.58. The van der Waals surface area contributed by atoms with Gasteiger partial charge in [0, 0.05) is 17.0 Å². The zero-order valence-corrected chi connectivity index (χ0v) is 20.0. The molecule has 1 aromatic carbocycles. The van der Waals surface area contributed by atoms with Gasteiger partial charge in [-0.05, 0) is 31.6 Å². The molecule has 1 unspecified atom stereocenters. The van der Waals surface area contributed by atoms with Crippen LogP contribution in [0.2, 0.25) is 0 Å². The second-order valence-electron chi connectivity index (χ2n) is 8.38. The van der Waals surface area contributed by atoms with Crippen LogP contribution in [-0.4, -0.2) is 36.7 Å². The summed E-state index contributed by atoms with van der Waals surface area (Å²) in [4.78, 5) is 22.3. The van der Waals surface area contributed by atoms with Gasteiger partial charge in [-0.1, -0.05) is 60.5 Å². The van der Waals surface area contributed by atoms with Crippen molar-refractivity contribution in [2.24, 2.45) is 11.7 Å². The largest absolute Gasteiger partial charge is 0.469 e. The Kier molecular flexibility index (Phi) is 7.68. The van der Waals surface area contributed by atoms with Crippen molar-refractivity contribution in [3.8, 4) is 22.0 Å². The highest BCUT2D eigenvalue weighted by molar-refractivity contribution is 7.46. The van der Waals surface area contributed by atoms with E-state index in [4.69, 9.17) is 20.0 Å². The quantitative estimate of drug-likeness (QED) is 0.364. The van der Waals surface area contributed by atoms with Crippen LogP contribution in [0, 0.1) is 5.92 Å². The van der Waals surface area contributed by atoms with Crippen LogP contribution in [0.3, 0.4) is 0 Å². The lowest BCUT2D eigenvalue weighted by Crippen LogP contribution is -2.16. The molecule has 1 aliphatic carbocycles. The number of hydrogen-bond acceptors (Lipinski definition) is 9. The van der Waals surface area contributed by atoms with Gasteiger partial charge in [-0.15, -0.1) is 10.2 Å². The van der Waals surface area contributed by atoms with Gasteiger partial charge in [-0.2, -0.15) is 4.98 Å². The predicted molar refractivity (Wildman–Crippen MR) is 123 cm³/mol. The Labute approximate surface area is 195 Å². The Morgan fingerprint density at radius 2 is 1.88 bits per heavy atom. The highest BCUT2D eigenvalue weighted by Crippen LogP contribution is 2.38. The fraction of sp³-hybridized carbons (Fsp3) is 0.524. The molecular weight excluding hydrogens is 465 g/mol. The molecule has 178 valence electrons. The molecule has 0 saturated heterocycles. The lowest BCUT2D eigenvalue weighted by Gasteiger charge is -2.25. The Hall–Kier alpha value is -2.01. The number of hydrogen-bond donors (Lipinski definition) is 3. The monoisotopic (exact) mass is 493 g/mol. The molecular formula is C21H28N5O5PS. The molecule has 2 heterocycles. The Balaban J connectivity index is 1.38. The molecule has 1 aliphatic rings. The van der Waals surface area contributed by atoms with Crippen LogP contribution < -0.4 is 5.73 Å². The van der Waals surface area contributed by atoms with Crippen molar-refractivity contribution in [1.82, 2.24) is 20.3 Å². The van der Waals surface area contributed by atoms with E-state index in [0.717, 1.165) is 35.8 Å². The van der Waals surface area contributed by atoms with Crippen molar-refractivity contribution in [2.75, 3.05) is 6.61 Å². The van der Waals surface area contributed by atoms with E-state index in [1.807, 2.05) is 24.3 Å². The van der Waals surface area contributed by atoms with Gasteiger partial charge >= 0.3 is 7.82 Å². The summed E-state index contributed by atoms with van der Waals surface area (Å²) in [5, 5.41) is 13.4. The third kappa shape index (κ3) is 6.32. The summed E-state index contributed by atoms with van der Waals surface area (Å²) >= 11 is 1.24. The number of phosphoric acid groups is 1. The molecule has 1 saturated carbocycles. The minimum atomic E-state index is -4.58. The minimum absolute atomic E-state index is 0.345. The summed E-state index contributed by atoms with van der Waals surface area (Å²) < 4.78 is 20.9. The van der Waals surface area contributed by atoms with E-state index in [-0.39, 0.29) is 6.61 Å². The fourth-order valence-electron chi connectivity index (χ4n) is 4.14. The van der Waals surface area contributed by atoms with E-state index in [1.54, 1.807) is 0 Å². The molecule has 33 heavy (non-hydrogen) atoms. The molecule has 0 radical (unpaired) electrons. The number of aromatic nitrogens is 4. The molecule has 1 fully saturated rings. The van der Waals surface area contributed by atoms with E-state index in [9.17, 15) is 4.57 Å². The first-order valence-corrected chi connectivity index (χ1v) is 13.4. The average molecular weight is 494 g/mol. The summed E-state index contributed by atoms with van der Waals surface area (Å²) in [6.45, 7) is 1.89. The second kappa shape index (κ2) is 10.5. The molecule has 12 heteroatoms. The smallest absolute Gasteiger partial charge is 0.339 e. The predicted octanol–water partition coefficient (Wildman–Crippen LogP) is 4.44. The minimum Gasteiger partial charge on any atom is -0.339 e. The van der Waals surface area contributed by atoms with Gasteiger partial charge in [0.1, 0.15) is 10.0 Å². The van der Waals surface area contributed by atoms with Crippen molar-refractivity contribution in [2.45, 2.75) is 57.4 Å². The topological polar surface area (TPSA) is 157 Å². The van der Waals surface area contributed by atoms with E-state index in [1.165, 1.54) is 37.0 Å². The van der Waals surface area contributed by atoms with Crippen molar-refractivity contribution >= 4 is 19.2 Å². The molecule has 0 bridgehead atoms. The summed E-state index contributed by atoms with van der Waals surface area (Å²) in [7, 11) is -4.58. The van der Waals surface area contributed by atoms with Gasteiger partial charge in [0.2, 0.25) is 11.7 Å². The third-order valence-electron chi connectivity index (χ3n) is 5.90. The molecule has 0 amide bonds. The average Bonchev–Trinajstić information content (AvgIpc) is 3.48. The maximum atomic E-state index is 10.8. The Bertz CT molecular complexity index is 1090. The van der Waals surface area contributed by atoms with Crippen molar-refractivity contribution in [1.29, 1.82) is 0 Å². The normalized spacial score (nSPS) is 20.1. The molecule has 3 aromatic rings. The molecule has 0 spiro atoms. The second-order valence-corrected chi connectivity index (χ2v) is 10.6. The first kappa shape index (κ1) is 24.1. The summed E-state index contributed by atoms with van der Waals surface area (Å²) in [6, 6.07) is 6.81. The van der Waals surface area contributed by atoms with E-state index < -0.39 is 13.9 Å². The summed E-state index contributed by atoms with van der Waals surface area (Å²) in [5.74, 6) is 2.47. The highest BCUT2D eigenvalue weighted by Gasteiger charge is 2.26. The van der Waals surface area contributed by atoms with E-state index in [0.29, 0.717) is 21.8 Å².